The lowest BCUT2D eigenvalue weighted by molar-refractivity contribution is -0.129. The molecule has 10 heavy (non-hydrogen) atoms. The first-order valence-corrected chi connectivity index (χ1v) is 2.91. The van der Waals surface area contributed by atoms with Crippen LogP contribution in [0.5, 0.6) is 0 Å². The molecule has 0 amide bonds. The van der Waals surface area contributed by atoms with Crippen molar-refractivity contribution in [2.75, 3.05) is 7.05 Å². The quantitative estimate of drug-likeness (QED) is 0.565. The van der Waals surface area contributed by atoms with Crippen LogP contribution in [0.2, 0.25) is 0 Å². The molecule has 0 spiro atoms. The second-order valence-corrected chi connectivity index (χ2v) is 1.71. The third kappa shape index (κ3) is 1.97. The molecule has 0 heterocycles. The molecule has 0 aliphatic carbocycles. The highest BCUT2D eigenvalue weighted by molar-refractivity contribution is 6.64. The molecule has 4 heteroatoms. The van der Waals surface area contributed by atoms with E-state index < -0.39 is 5.97 Å². The third-order valence-electron chi connectivity index (χ3n) is 1.07. The van der Waals surface area contributed by atoms with Crippen molar-refractivity contribution < 1.29 is 9.90 Å². The van der Waals surface area contributed by atoms with Gasteiger partial charge in [0.15, 0.2) is 5.71 Å². The van der Waals surface area contributed by atoms with Gasteiger partial charge in [0.05, 0.1) is 5.71 Å². The summed E-state index contributed by atoms with van der Waals surface area (Å²) in [5.41, 5.74) is -0.0856. The van der Waals surface area contributed by atoms with Crippen molar-refractivity contribution >= 4 is 17.4 Å². The molecule has 0 aromatic heterocycles. The number of rotatable bonds is 3. The summed E-state index contributed by atoms with van der Waals surface area (Å²) in [7, 11) is 1.37. The van der Waals surface area contributed by atoms with Crippen LogP contribution in [0.25, 0.3) is 0 Å². The van der Waals surface area contributed by atoms with Gasteiger partial charge in [-0.1, -0.05) is 6.92 Å². The lowest BCUT2D eigenvalue weighted by Crippen LogP contribution is -2.22. The molecule has 0 bridgehead atoms. The minimum Gasteiger partial charge on any atom is -0.476 e. The molecule has 4 nitrogen and oxygen atoms in total. The molecule has 0 atom stereocenters. The highest BCUT2D eigenvalue weighted by Gasteiger charge is 2.11. The van der Waals surface area contributed by atoms with Crippen molar-refractivity contribution in [3.05, 3.63) is 0 Å². The van der Waals surface area contributed by atoms with Crippen LogP contribution in [0.3, 0.4) is 0 Å². The Morgan fingerprint density at radius 2 is 2.20 bits per heavy atom. The number of carboxylic acid groups (broad SMARTS) is 1. The van der Waals surface area contributed by atoms with Gasteiger partial charge < -0.3 is 10.5 Å². The van der Waals surface area contributed by atoms with Gasteiger partial charge >= 0.3 is 5.97 Å². The maximum atomic E-state index is 10.3. The van der Waals surface area contributed by atoms with Crippen LogP contribution in [0.15, 0.2) is 4.99 Å². The van der Waals surface area contributed by atoms with Crippen LogP contribution < -0.4 is 0 Å². The van der Waals surface area contributed by atoms with Gasteiger partial charge in [-0.05, 0) is 6.42 Å². The van der Waals surface area contributed by atoms with E-state index in [0.29, 0.717) is 6.42 Å². The van der Waals surface area contributed by atoms with Gasteiger partial charge in [-0.3, -0.25) is 4.99 Å². The summed E-state index contributed by atoms with van der Waals surface area (Å²) in [5.74, 6) is -1.13. The summed E-state index contributed by atoms with van der Waals surface area (Å²) >= 11 is 0. The van der Waals surface area contributed by atoms with Gasteiger partial charge in [0.25, 0.3) is 0 Å². The number of nitrogens with one attached hydrogen (secondary N) is 1. The number of aliphatic imine (C=N–C) groups is 1. The van der Waals surface area contributed by atoms with Gasteiger partial charge in [0, 0.05) is 7.05 Å². The molecule has 2 N–H and O–H groups in total. The van der Waals surface area contributed by atoms with E-state index in [1.165, 1.54) is 7.05 Å². The van der Waals surface area contributed by atoms with E-state index in [9.17, 15) is 4.79 Å². The van der Waals surface area contributed by atoms with Crippen molar-refractivity contribution in [2.24, 2.45) is 4.99 Å². The molecule has 0 aliphatic heterocycles. The Labute approximate surface area is 59.1 Å². The Morgan fingerprint density at radius 3 is 2.30 bits per heavy atom. The van der Waals surface area contributed by atoms with Gasteiger partial charge in [0.2, 0.25) is 0 Å². The van der Waals surface area contributed by atoms with Gasteiger partial charge in [-0.25, -0.2) is 4.79 Å². The molecule has 0 saturated heterocycles. The maximum absolute atomic E-state index is 10.3. The van der Waals surface area contributed by atoms with Crippen molar-refractivity contribution in [3.8, 4) is 0 Å². The number of hydrogen-bond donors (Lipinski definition) is 2. The standard InChI is InChI=1S/C6H10N2O2/c1-3-4(7)5(8-2)6(9)10/h7H,3H2,1-2H3,(H,9,10). The molecule has 0 rings (SSSR count). The van der Waals surface area contributed by atoms with E-state index in [-0.39, 0.29) is 11.4 Å². The van der Waals surface area contributed by atoms with Gasteiger partial charge in [-0.2, -0.15) is 0 Å². The summed E-state index contributed by atoms with van der Waals surface area (Å²) in [6, 6.07) is 0. The fourth-order valence-electron chi connectivity index (χ4n) is 0.527. The summed E-state index contributed by atoms with van der Waals surface area (Å²) in [6.45, 7) is 1.72. The average molecular weight is 142 g/mol. The minimum absolute atomic E-state index is 0.0648. The van der Waals surface area contributed by atoms with E-state index >= 15 is 0 Å². The van der Waals surface area contributed by atoms with E-state index in [4.69, 9.17) is 10.5 Å². The van der Waals surface area contributed by atoms with Crippen LogP contribution in [0, 0.1) is 5.41 Å². The smallest absolute Gasteiger partial charge is 0.355 e. The first-order valence-electron chi connectivity index (χ1n) is 2.91. The summed E-state index contributed by atoms with van der Waals surface area (Å²) in [6.07, 6.45) is 0.402. The van der Waals surface area contributed by atoms with E-state index in [1.807, 2.05) is 0 Å². The topological polar surface area (TPSA) is 73.5 Å². The first kappa shape index (κ1) is 8.81. The molecular weight excluding hydrogens is 132 g/mol. The molecule has 0 aliphatic rings. The second-order valence-electron chi connectivity index (χ2n) is 1.71. The van der Waals surface area contributed by atoms with Crippen LogP contribution in [-0.2, 0) is 4.79 Å². The van der Waals surface area contributed by atoms with Crippen molar-refractivity contribution in [2.45, 2.75) is 13.3 Å². The highest BCUT2D eigenvalue weighted by atomic mass is 16.4. The zero-order chi connectivity index (χ0) is 8.15. The average Bonchev–Trinajstić information content (AvgIpc) is 1.88. The molecule has 0 aromatic rings. The number of carboxylic acids is 1. The van der Waals surface area contributed by atoms with Crippen LogP contribution in [0.4, 0.5) is 0 Å². The SMILES string of the molecule is CCC(=N)C(=NC)C(=O)O. The molecule has 0 radical (unpaired) electrons. The lowest BCUT2D eigenvalue weighted by atomic mass is 10.2. The normalized spacial score (nSPS) is 11.2. The zero-order valence-electron chi connectivity index (χ0n) is 6.01. The van der Waals surface area contributed by atoms with Crippen molar-refractivity contribution in [1.82, 2.24) is 0 Å². The molecular formula is C6H10N2O2. The molecule has 0 aromatic carbocycles. The third-order valence-corrected chi connectivity index (χ3v) is 1.07. The lowest BCUT2D eigenvalue weighted by Gasteiger charge is -1.96. The number of aliphatic carboxylic acids is 1. The summed E-state index contributed by atoms with van der Waals surface area (Å²) < 4.78 is 0. The Bertz CT molecular complexity index is 184. The fraction of sp³-hybridized carbons (Fsp3) is 0.500. The number of hydrogen-bond acceptors (Lipinski definition) is 3. The maximum Gasteiger partial charge on any atom is 0.355 e. The Kier molecular flexibility index (Phi) is 3.32. The van der Waals surface area contributed by atoms with Gasteiger partial charge in [0.1, 0.15) is 0 Å². The van der Waals surface area contributed by atoms with E-state index in [2.05, 4.69) is 4.99 Å². The summed E-state index contributed by atoms with van der Waals surface area (Å²) in [4.78, 5) is 13.7. The minimum atomic E-state index is -1.13. The Balaban J connectivity index is 4.39. The van der Waals surface area contributed by atoms with Crippen LogP contribution in [-0.4, -0.2) is 29.5 Å². The predicted molar refractivity (Wildman–Crippen MR) is 39.0 cm³/mol. The second kappa shape index (κ2) is 3.76. The molecule has 56 valence electrons. The summed E-state index contributed by atoms with van der Waals surface area (Å²) in [5, 5.41) is 15.5. The Hall–Kier alpha value is -1.19. The van der Waals surface area contributed by atoms with Crippen molar-refractivity contribution in [1.29, 1.82) is 5.41 Å². The zero-order valence-corrected chi connectivity index (χ0v) is 6.01. The monoisotopic (exact) mass is 142 g/mol. The van der Waals surface area contributed by atoms with Crippen molar-refractivity contribution in [3.63, 3.8) is 0 Å². The van der Waals surface area contributed by atoms with E-state index in [1.54, 1.807) is 6.92 Å². The highest BCUT2D eigenvalue weighted by Crippen LogP contribution is 1.87. The predicted octanol–water partition coefficient (Wildman–Crippen LogP) is 0.572. The van der Waals surface area contributed by atoms with Crippen LogP contribution in [0.1, 0.15) is 13.3 Å². The van der Waals surface area contributed by atoms with Gasteiger partial charge in [-0.15, -0.1) is 0 Å². The molecule has 0 saturated carbocycles. The molecule has 0 unspecified atom stereocenters. The van der Waals surface area contributed by atoms with Crippen LogP contribution >= 0.6 is 0 Å². The molecule has 0 fully saturated rings. The fourth-order valence-corrected chi connectivity index (χ4v) is 0.527. The number of carbonyl (C=O) groups is 1. The number of nitrogens with zero attached hydrogens (tertiary/aromatic N) is 1. The Morgan fingerprint density at radius 1 is 1.70 bits per heavy atom. The largest absolute Gasteiger partial charge is 0.476 e. The van der Waals surface area contributed by atoms with E-state index in [0.717, 1.165) is 0 Å². The first-order chi connectivity index (χ1) is 4.63.